The highest BCUT2D eigenvalue weighted by atomic mass is 14.7. The summed E-state index contributed by atoms with van der Waals surface area (Å²) >= 11 is 0. The first-order chi connectivity index (χ1) is 11.5. The molecule has 1 heteroatoms. The maximum atomic E-state index is 6.27. The van der Waals surface area contributed by atoms with Gasteiger partial charge in [-0.2, -0.15) is 0 Å². The van der Waals surface area contributed by atoms with Crippen LogP contribution >= 0.6 is 0 Å². The van der Waals surface area contributed by atoms with Crippen LogP contribution in [0.4, 0.5) is 0 Å². The van der Waals surface area contributed by atoms with E-state index in [1.807, 2.05) is 6.08 Å². The summed E-state index contributed by atoms with van der Waals surface area (Å²) < 4.78 is 0. The van der Waals surface area contributed by atoms with Crippen LogP contribution in [-0.2, 0) is 0 Å². The first-order valence-corrected chi connectivity index (χ1v) is 10.9. The summed E-state index contributed by atoms with van der Waals surface area (Å²) in [4.78, 5) is 0. The zero-order valence-corrected chi connectivity index (χ0v) is 17.3. The molecule has 0 aromatic rings. The van der Waals surface area contributed by atoms with E-state index in [2.05, 4.69) is 27.4 Å². The molecule has 0 aliphatic heterocycles. The van der Waals surface area contributed by atoms with Gasteiger partial charge in [0.15, 0.2) is 0 Å². The van der Waals surface area contributed by atoms with Gasteiger partial charge in [0.1, 0.15) is 0 Å². The summed E-state index contributed by atoms with van der Waals surface area (Å²) in [5.74, 6) is 0.590. The second-order valence-corrected chi connectivity index (χ2v) is 8.43. The summed E-state index contributed by atoms with van der Waals surface area (Å²) in [7, 11) is 0. The fraction of sp³-hybridized carbons (Fsp3) is 0.913. The van der Waals surface area contributed by atoms with Gasteiger partial charge < -0.3 is 5.73 Å². The molecular weight excluding hydrogens is 290 g/mol. The molecule has 1 atom stereocenters. The Balaban J connectivity index is 3.31. The SMILES string of the molecule is C=CCC(CCCCCCCCCCCCCCCC)C(C)(C)N. The number of unbranched alkanes of at least 4 members (excludes halogenated alkanes) is 13. The van der Waals surface area contributed by atoms with Crippen LogP contribution in [0.3, 0.4) is 0 Å². The van der Waals surface area contributed by atoms with Crippen LogP contribution in [0.5, 0.6) is 0 Å². The highest BCUT2D eigenvalue weighted by Gasteiger charge is 2.22. The van der Waals surface area contributed by atoms with Crippen LogP contribution in [0.15, 0.2) is 12.7 Å². The standard InChI is InChI=1S/C23H47N/c1-5-7-8-9-10-11-12-13-14-15-16-17-18-19-21-22(20-6-2)23(3,4)24/h6,22H,2,5,7-21,24H2,1,3-4H3. The quantitative estimate of drug-likeness (QED) is 0.200. The van der Waals surface area contributed by atoms with Crippen molar-refractivity contribution in [3.8, 4) is 0 Å². The van der Waals surface area contributed by atoms with Gasteiger partial charge in [0, 0.05) is 5.54 Å². The summed E-state index contributed by atoms with van der Waals surface area (Å²) in [6.45, 7) is 10.5. The Hall–Kier alpha value is -0.300. The first kappa shape index (κ1) is 23.7. The van der Waals surface area contributed by atoms with E-state index in [1.54, 1.807) is 0 Å². The molecule has 0 radical (unpaired) electrons. The van der Waals surface area contributed by atoms with Gasteiger partial charge in [-0.3, -0.25) is 0 Å². The van der Waals surface area contributed by atoms with Gasteiger partial charge >= 0.3 is 0 Å². The third kappa shape index (κ3) is 15.2. The maximum Gasteiger partial charge on any atom is 0.0128 e. The smallest absolute Gasteiger partial charge is 0.0128 e. The minimum Gasteiger partial charge on any atom is -0.325 e. The third-order valence-corrected chi connectivity index (χ3v) is 5.41. The van der Waals surface area contributed by atoms with E-state index in [9.17, 15) is 0 Å². The second-order valence-electron chi connectivity index (χ2n) is 8.43. The van der Waals surface area contributed by atoms with Crippen molar-refractivity contribution in [1.82, 2.24) is 0 Å². The molecule has 0 aliphatic rings. The molecule has 0 saturated carbocycles. The predicted octanol–water partition coefficient (Wildman–Crippen LogP) is 7.79. The molecule has 0 bridgehead atoms. The van der Waals surface area contributed by atoms with E-state index in [-0.39, 0.29) is 5.54 Å². The van der Waals surface area contributed by atoms with Crippen LogP contribution in [-0.4, -0.2) is 5.54 Å². The Kier molecular flexibility index (Phi) is 16.0. The van der Waals surface area contributed by atoms with Gasteiger partial charge in [-0.15, -0.1) is 6.58 Å². The molecule has 144 valence electrons. The molecule has 0 aromatic heterocycles. The van der Waals surface area contributed by atoms with Crippen molar-refractivity contribution >= 4 is 0 Å². The lowest BCUT2D eigenvalue weighted by Crippen LogP contribution is -2.40. The molecule has 0 saturated heterocycles. The van der Waals surface area contributed by atoms with Gasteiger partial charge in [-0.25, -0.2) is 0 Å². The van der Waals surface area contributed by atoms with Crippen LogP contribution < -0.4 is 5.73 Å². The van der Waals surface area contributed by atoms with Crippen LogP contribution in [0, 0.1) is 5.92 Å². The van der Waals surface area contributed by atoms with Gasteiger partial charge in [0.2, 0.25) is 0 Å². The van der Waals surface area contributed by atoms with Crippen LogP contribution in [0.2, 0.25) is 0 Å². The van der Waals surface area contributed by atoms with Crippen molar-refractivity contribution in [1.29, 1.82) is 0 Å². The van der Waals surface area contributed by atoms with E-state index >= 15 is 0 Å². The molecule has 1 nitrogen and oxygen atoms in total. The molecule has 1 unspecified atom stereocenters. The number of allylic oxidation sites excluding steroid dienone is 1. The van der Waals surface area contributed by atoms with Crippen molar-refractivity contribution in [3.63, 3.8) is 0 Å². The van der Waals surface area contributed by atoms with Gasteiger partial charge in [-0.05, 0) is 32.6 Å². The van der Waals surface area contributed by atoms with E-state index in [0.29, 0.717) is 5.92 Å². The van der Waals surface area contributed by atoms with Crippen molar-refractivity contribution in [2.24, 2.45) is 11.7 Å². The Labute approximate surface area is 153 Å². The molecule has 0 aliphatic carbocycles. The fourth-order valence-electron chi connectivity index (χ4n) is 3.58. The number of hydrogen-bond donors (Lipinski definition) is 1. The average molecular weight is 338 g/mol. The molecule has 0 aromatic carbocycles. The van der Waals surface area contributed by atoms with Crippen molar-refractivity contribution in [2.75, 3.05) is 0 Å². The minimum absolute atomic E-state index is 0.0648. The predicted molar refractivity (Wildman–Crippen MR) is 111 cm³/mol. The molecule has 2 N–H and O–H groups in total. The molecular formula is C23H47N. The van der Waals surface area contributed by atoms with E-state index in [4.69, 9.17) is 5.73 Å². The summed E-state index contributed by atoms with van der Waals surface area (Å²) in [5.41, 5.74) is 6.21. The number of hydrogen-bond acceptors (Lipinski definition) is 1. The highest BCUT2D eigenvalue weighted by molar-refractivity contribution is 4.87. The van der Waals surface area contributed by atoms with Gasteiger partial charge in [-0.1, -0.05) is 103 Å². The molecule has 24 heavy (non-hydrogen) atoms. The Bertz CT molecular complexity index is 264. The summed E-state index contributed by atoms with van der Waals surface area (Å²) in [5, 5.41) is 0. The molecule has 0 amide bonds. The van der Waals surface area contributed by atoms with E-state index < -0.39 is 0 Å². The van der Waals surface area contributed by atoms with E-state index in [1.165, 1.54) is 96.3 Å². The lowest BCUT2D eigenvalue weighted by molar-refractivity contribution is 0.294. The Morgan fingerprint density at radius 2 is 1.12 bits per heavy atom. The highest BCUT2D eigenvalue weighted by Crippen LogP contribution is 2.25. The Morgan fingerprint density at radius 1 is 0.750 bits per heavy atom. The summed E-state index contributed by atoms with van der Waals surface area (Å²) in [6.07, 6.45) is 24.3. The monoisotopic (exact) mass is 337 g/mol. The minimum atomic E-state index is -0.0648. The lowest BCUT2D eigenvalue weighted by Gasteiger charge is -2.29. The van der Waals surface area contributed by atoms with Crippen LogP contribution in [0.1, 0.15) is 124 Å². The zero-order chi connectivity index (χ0) is 18.1. The van der Waals surface area contributed by atoms with Crippen molar-refractivity contribution < 1.29 is 0 Å². The molecule has 0 rings (SSSR count). The second kappa shape index (κ2) is 16.2. The van der Waals surface area contributed by atoms with Crippen molar-refractivity contribution in [3.05, 3.63) is 12.7 Å². The van der Waals surface area contributed by atoms with Gasteiger partial charge in [0.25, 0.3) is 0 Å². The maximum absolute atomic E-state index is 6.27. The van der Waals surface area contributed by atoms with E-state index in [0.717, 1.165) is 6.42 Å². The van der Waals surface area contributed by atoms with Crippen LogP contribution in [0.25, 0.3) is 0 Å². The topological polar surface area (TPSA) is 26.0 Å². The third-order valence-electron chi connectivity index (χ3n) is 5.41. The fourth-order valence-corrected chi connectivity index (χ4v) is 3.58. The normalized spacial score (nSPS) is 13.2. The average Bonchev–Trinajstić information content (AvgIpc) is 2.53. The Morgan fingerprint density at radius 3 is 1.46 bits per heavy atom. The van der Waals surface area contributed by atoms with Gasteiger partial charge in [0.05, 0.1) is 0 Å². The summed E-state index contributed by atoms with van der Waals surface area (Å²) in [6, 6.07) is 0. The van der Waals surface area contributed by atoms with Crippen molar-refractivity contribution in [2.45, 2.75) is 129 Å². The first-order valence-electron chi connectivity index (χ1n) is 10.9. The molecule has 0 fully saturated rings. The lowest BCUT2D eigenvalue weighted by atomic mass is 9.82. The number of nitrogens with two attached hydrogens (primary N) is 1. The molecule has 0 spiro atoms. The zero-order valence-electron chi connectivity index (χ0n) is 17.3. The number of rotatable bonds is 18. The largest absolute Gasteiger partial charge is 0.325 e. The molecule has 0 heterocycles.